The second-order valence-electron chi connectivity index (χ2n) is 2.03. The third kappa shape index (κ3) is 1.65. The van der Waals surface area contributed by atoms with Gasteiger partial charge in [0.2, 0.25) is 0 Å². The second-order valence-corrected chi connectivity index (χ2v) is 4.03. The monoisotopic (exact) mass is 206 g/mol. The number of nitrogens with one attached hydrogen (secondary N) is 1. The highest BCUT2D eigenvalue weighted by atomic mass is 32.2. The Kier molecular flexibility index (Phi) is 3.09. The molecule has 1 rings (SSSR count). The Morgan fingerprint density at radius 3 is 2.36 bits per heavy atom. The molecule has 0 spiro atoms. The van der Waals surface area contributed by atoms with Gasteiger partial charge in [0.05, 0.1) is 0 Å². The van der Waals surface area contributed by atoms with E-state index >= 15 is 0 Å². The van der Waals surface area contributed by atoms with E-state index in [1.165, 1.54) is 5.03 Å². The largest absolute Gasteiger partial charge is 0.325 e. The normalized spacial score (nSPS) is 10.5. The summed E-state index contributed by atoms with van der Waals surface area (Å²) < 4.78 is 2.78. The van der Waals surface area contributed by atoms with Gasteiger partial charge in [0, 0.05) is 7.05 Å². The van der Waals surface area contributed by atoms with E-state index in [2.05, 4.69) is 11.2 Å². The van der Waals surface area contributed by atoms with Crippen molar-refractivity contribution < 1.29 is 0 Å². The van der Waals surface area contributed by atoms with Crippen LogP contribution in [0, 0.1) is 4.77 Å². The zero-order chi connectivity index (χ0) is 8.43. The summed E-state index contributed by atoms with van der Waals surface area (Å²) in [4.78, 5) is 3.13. The average Bonchev–Trinajstić information content (AvgIpc) is 2.28. The van der Waals surface area contributed by atoms with Crippen LogP contribution in [0.15, 0.2) is 10.1 Å². The first-order valence-corrected chi connectivity index (χ1v) is 5.93. The van der Waals surface area contributed by atoms with Gasteiger partial charge >= 0.3 is 0 Å². The quantitative estimate of drug-likeness (QED) is 0.593. The highest BCUT2D eigenvalue weighted by molar-refractivity contribution is 8.01. The summed E-state index contributed by atoms with van der Waals surface area (Å²) in [5.41, 5.74) is 0. The number of H-pyrrole nitrogens is 1. The van der Waals surface area contributed by atoms with Crippen LogP contribution in [0.25, 0.3) is 0 Å². The molecule has 1 N–H and O–H groups in total. The summed E-state index contributed by atoms with van der Waals surface area (Å²) >= 11 is 8.48. The number of rotatable bonds is 2. The van der Waals surface area contributed by atoms with Crippen LogP contribution >= 0.6 is 35.7 Å². The molecule has 0 fully saturated rings. The van der Waals surface area contributed by atoms with Gasteiger partial charge in [-0.25, -0.2) is 0 Å². The van der Waals surface area contributed by atoms with Crippen LogP contribution in [0.1, 0.15) is 0 Å². The van der Waals surface area contributed by atoms with Crippen molar-refractivity contribution in [3.05, 3.63) is 4.77 Å². The van der Waals surface area contributed by atoms with E-state index in [1.807, 2.05) is 17.9 Å². The zero-order valence-corrected chi connectivity index (χ0v) is 9.12. The van der Waals surface area contributed by atoms with Gasteiger partial charge in [-0.1, -0.05) is 0 Å². The van der Waals surface area contributed by atoms with E-state index in [4.69, 9.17) is 12.2 Å². The predicted octanol–water partition coefficient (Wildman–Crippen LogP) is 2.53. The molecule has 1 heterocycles. The van der Waals surface area contributed by atoms with Crippen molar-refractivity contribution >= 4 is 35.7 Å². The molecule has 1 aromatic rings. The number of imidazole rings is 1. The van der Waals surface area contributed by atoms with Crippen molar-refractivity contribution in [1.82, 2.24) is 9.55 Å². The molecule has 0 amide bonds. The van der Waals surface area contributed by atoms with Gasteiger partial charge in [-0.2, -0.15) is 0 Å². The van der Waals surface area contributed by atoms with Crippen LogP contribution in [-0.2, 0) is 7.05 Å². The number of nitrogens with zero attached hydrogens (tertiary/aromatic N) is 1. The summed E-state index contributed by atoms with van der Waals surface area (Å²) in [7, 11) is 1.98. The van der Waals surface area contributed by atoms with Crippen LogP contribution in [0.2, 0.25) is 0 Å². The maximum absolute atomic E-state index is 5.07. The minimum absolute atomic E-state index is 0.790. The Labute approximate surface area is 79.8 Å². The SMILES string of the molecule is CSc1[nH]c(=S)n(C)c1SC. The first-order valence-electron chi connectivity index (χ1n) is 3.07. The van der Waals surface area contributed by atoms with Crippen molar-refractivity contribution in [3.8, 4) is 0 Å². The molecule has 5 heteroatoms. The summed E-state index contributed by atoms with van der Waals surface area (Å²) in [6.07, 6.45) is 4.10. The fourth-order valence-corrected chi connectivity index (χ4v) is 2.77. The first-order chi connectivity index (χ1) is 5.20. The Hall–Kier alpha value is 0.130. The van der Waals surface area contributed by atoms with Gasteiger partial charge in [0.1, 0.15) is 10.1 Å². The minimum atomic E-state index is 0.790. The molecule has 1 aromatic heterocycles. The molecule has 0 radical (unpaired) electrons. The smallest absolute Gasteiger partial charge is 0.178 e. The average molecular weight is 206 g/mol. The van der Waals surface area contributed by atoms with E-state index < -0.39 is 0 Å². The van der Waals surface area contributed by atoms with Crippen LogP contribution in [-0.4, -0.2) is 22.1 Å². The van der Waals surface area contributed by atoms with Crippen LogP contribution in [0.5, 0.6) is 0 Å². The van der Waals surface area contributed by atoms with Crippen molar-refractivity contribution in [3.63, 3.8) is 0 Å². The number of thioether (sulfide) groups is 2. The van der Waals surface area contributed by atoms with Crippen molar-refractivity contribution in [2.45, 2.75) is 10.1 Å². The van der Waals surface area contributed by atoms with E-state index in [1.54, 1.807) is 23.5 Å². The van der Waals surface area contributed by atoms with Crippen molar-refractivity contribution in [1.29, 1.82) is 0 Å². The molecule has 0 saturated carbocycles. The zero-order valence-electron chi connectivity index (χ0n) is 6.67. The van der Waals surface area contributed by atoms with Gasteiger partial charge in [-0.3, -0.25) is 0 Å². The fraction of sp³-hybridized carbons (Fsp3) is 0.500. The summed E-state index contributed by atoms with van der Waals surface area (Å²) in [5, 5.41) is 2.37. The predicted molar refractivity (Wildman–Crippen MR) is 54.2 cm³/mol. The lowest BCUT2D eigenvalue weighted by molar-refractivity contribution is 0.798. The molecule has 0 aliphatic rings. The molecular weight excluding hydrogens is 196 g/mol. The third-order valence-electron chi connectivity index (χ3n) is 1.42. The van der Waals surface area contributed by atoms with Crippen LogP contribution < -0.4 is 0 Å². The Morgan fingerprint density at radius 2 is 2.00 bits per heavy atom. The Morgan fingerprint density at radius 1 is 1.36 bits per heavy atom. The number of aromatic nitrogens is 2. The maximum atomic E-state index is 5.07. The summed E-state index contributed by atoms with van der Waals surface area (Å²) in [5.74, 6) is 0. The topological polar surface area (TPSA) is 20.7 Å². The third-order valence-corrected chi connectivity index (χ3v) is 3.49. The molecule has 2 nitrogen and oxygen atoms in total. The van der Waals surface area contributed by atoms with Crippen molar-refractivity contribution in [2.24, 2.45) is 7.05 Å². The van der Waals surface area contributed by atoms with Gasteiger partial charge < -0.3 is 9.55 Å². The Balaban J connectivity index is 3.26. The Bertz CT molecular complexity index is 299. The lowest BCUT2D eigenvalue weighted by Crippen LogP contribution is -1.88. The van der Waals surface area contributed by atoms with Crippen molar-refractivity contribution in [2.75, 3.05) is 12.5 Å². The van der Waals surface area contributed by atoms with Gasteiger partial charge in [0.15, 0.2) is 4.77 Å². The van der Waals surface area contributed by atoms with Crippen LogP contribution in [0.3, 0.4) is 0 Å². The summed E-state index contributed by atoms with van der Waals surface area (Å²) in [6, 6.07) is 0. The molecule has 0 bridgehead atoms. The molecule has 0 aliphatic heterocycles. The minimum Gasteiger partial charge on any atom is -0.325 e. The number of hydrogen-bond donors (Lipinski definition) is 1. The van der Waals surface area contributed by atoms with E-state index in [0.717, 1.165) is 9.80 Å². The first kappa shape index (κ1) is 9.22. The highest BCUT2D eigenvalue weighted by Gasteiger charge is 2.05. The molecule has 0 unspecified atom stereocenters. The van der Waals surface area contributed by atoms with E-state index in [-0.39, 0.29) is 0 Å². The van der Waals surface area contributed by atoms with Gasteiger partial charge in [-0.15, -0.1) is 23.5 Å². The van der Waals surface area contributed by atoms with Gasteiger partial charge in [0.25, 0.3) is 0 Å². The highest BCUT2D eigenvalue weighted by Crippen LogP contribution is 2.26. The molecule has 0 aromatic carbocycles. The molecule has 0 atom stereocenters. The summed E-state index contributed by atoms with van der Waals surface area (Å²) in [6.45, 7) is 0. The molecule has 11 heavy (non-hydrogen) atoms. The number of hydrogen-bond acceptors (Lipinski definition) is 3. The number of aromatic amines is 1. The van der Waals surface area contributed by atoms with E-state index in [9.17, 15) is 0 Å². The fourth-order valence-electron chi connectivity index (χ4n) is 0.847. The second kappa shape index (κ2) is 3.69. The lowest BCUT2D eigenvalue weighted by Gasteiger charge is -1.98. The van der Waals surface area contributed by atoms with E-state index in [0.29, 0.717) is 0 Å². The lowest BCUT2D eigenvalue weighted by atomic mass is 10.9. The molecular formula is C6H10N2S3. The van der Waals surface area contributed by atoms with Crippen LogP contribution in [0.4, 0.5) is 0 Å². The molecule has 62 valence electrons. The maximum Gasteiger partial charge on any atom is 0.178 e. The molecule has 0 aliphatic carbocycles. The standard InChI is InChI=1S/C6H10N2S3/c1-8-5(11-3)4(10-2)7-6(8)9/h1-3H3,(H,7,9). The molecule has 0 saturated heterocycles. The van der Waals surface area contributed by atoms with Gasteiger partial charge in [-0.05, 0) is 24.7 Å².